The lowest BCUT2D eigenvalue weighted by Gasteiger charge is -2.15. The highest BCUT2D eigenvalue weighted by atomic mass is 35.5. The third kappa shape index (κ3) is 4.28. The van der Waals surface area contributed by atoms with Gasteiger partial charge in [-0.05, 0) is 24.3 Å². The highest BCUT2D eigenvalue weighted by Crippen LogP contribution is 2.34. The summed E-state index contributed by atoms with van der Waals surface area (Å²) >= 11 is 5.59. The number of aliphatic hydroxyl groups is 1. The van der Waals surface area contributed by atoms with Crippen molar-refractivity contribution in [2.45, 2.75) is 6.10 Å². The van der Waals surface area contributed by atoms with Crippen molar-refractivity contribution in [3.8, 4) is 17.2 Å². The summed E-state index contributed by atoms with van der Waals surface area (Å²) in [7, 11) is 1.60. The molecule has 1 unspecified atom stereocenters. The molecule has 5 heteroatoms. The average Bonchev–Trinajstić information content (AvgIpc) is 2.54. The molecule has 0 aliphatic heterocycles. The minimum Gasteiger partial charge on any atom is -0.493 e. The lowest BCUT2D eigenvalue weighted by atomic mass is 10.2. The number of hydrogen-bond donors (Lipinski definition) is 2. The van der Waals surface area contributed by atoms with Gasteiger partial charge in [-0.25, -0.2) is 0 Å². The summed E-state index contributed by atoms with van der Waals surface area (Å²) in [6, 6.07) is 14.9. The molecule has 2 N–H and O–H groups in total. The van der Waals surface area contributed by atoms with Crippen molar-refractivity contribution in [3.05, 3.63) is 48.5 Å². The second-order valence-corrected chi connectivity index (χ2v) is 4.75. The lowest BCUT2D eigenvalue weighted by molar-refractivity contribution is 0.211. The summed E-state index contributed by atoms with van der Waals surface area (Å²) in [4.78, 5) is 0. The van der Waals surface area contributed by atoms with E-state index >= 15 is 0 Å². The van der Waals surface area contributed by atoms with Gasteiger partial charge < -0.3 is 19.9 Å². The van der Waals surface area contributed by atoms with Crippen LogP contribution in [0, 0.1) is 0 Å². The number of nitrogens with one attached hydrogen (secondary N) is 1. The van der Waals surface area contributed by atoms with Crippen molar-refractivity contribution < 1.29 is 14.6 Å². The fourth-order valence-corrected chi connectivity index (χ4v) is 1.91. The van der Waals surface area contributed by atoms with E-state index in [0.29, 0.717) is 23.8 Å². The van der Waals surface area contributed by atoms with Crippen LogP contribution in [-0.4, -0.2) is 30.7 Å². The summed E-state index contributed by atoms with van der Waals surface area (Å²) in [6.07, 6.45) is -0.606. The van der Waals surface area contributed by atoms with Gasteiger partial charge in [0.15, 0.2) is 17.2 Å². The van der Waals surface area contributed by atoms with Crippen LogP contribution < -0.4 is 14.8 Å². The number of hydrogen-bond acceptors (Lipinski definition) is 4. The number of benzene rings is 2. The maximum Gasteiger partial charge on any atom is 0.169 e. The molecule has 0 aromatic heterocycles. The molecular formula is C16H18ClNO3. The highest BCUT2D eigenvalue weighted by Gasteiger charge is 2.09. The van der Waals surface area contributed by atoms with E-state index in [1.807, 2.05) is 48.5 Å². The molecule has 0 amide bonds. The normalized spacial score (nSPS) is 11.8. The fraction of sp³-hybridized carbons (Fsp3) is 0.250. The Kier molecular flexibility index (Phi) is 5.72. The van der Waals surface area contributed by atoms with E-state index in [9.17, 15) is 5.11 Å². The van der Waals surface area contributed by atoms with Crippen LogP contribution in [0.5, 0.6) is 17.2 Å². The first-order valence-electron chi connectivity index (χ1n) is 6.62. The van der Waals surface area contributed by atoms with Crippen LogP contribution in [0.4, 0.5) is 5.69 Å². The third-order valence-electron chi connectivity index (χ3n) is 2.88. The third-order valence-corrected chi connectivity index (χ3v) is 3.24. The molecule has 21 heavy (non-hydrogen) atoms. The molecule has 0 bridgehead atoms. The molecule has 112 valence electrons. The van der Waals surface area contributed by atoms with E-state index in [0.717, 1.165) is 5.69 Å². The summed E-state index contributed by atoms with van der Waals surface area (Å²) in [5.41, 5.74) is 0.785. The Balaban J connectivity index is 2.16. The maximum atomic E-state index is 9.53. The largest absolute Gasteiger partial charge is 0.493 e. The maximum absolute atomic E-state index is 9.53. The summed E-state index contributed by atoms with van der Waals surface area (Å²) in [5, 5.41) is 12.6. The number of anilines is 1. The van der Waals surface area contributed by atoms with Gasteiger partial charge in [0, 0.05) is 6.54 Å². The highest BCUT2D eigenvalue weighted by molar-refractivity contribution is 6.18. The molecule has 4 nitrogen and oxygen atoms in total. The van der Waals surface area contributed by atoms with Crippen molar-refractivity contribution in [1.82, 2.24) is 0 Å². The molecule has 0 saturated heterocycles. The SMILES string of the molecule is COc1ccccc1Oc1ccccc1NCC(O)CCl. The van der Waals surface area contributed by atoms with E-state index < -0.39 is 6.10 Å². The Morgan fingerprint density at radius 1 is 1.05 bits per heavy atom. The van der Waals surface area contributed by atoms with Crippen molar-refractivity contribution in [2.75, 3.05) is 24.9 Å². The van der Waals surface area contributed by atoms with Gasteiger partial charge in [0.2, 0.25) is 0 Å². The number of methoxy groups -OCH3 is 1. The van der Waals surface area contributed by atoms with Crippen LogP contribution in [0.1, 0.15) is 0 Å². The quantitative estimate of drug-likeness (QED) is 0.769. The van der Waals surface area contributed by atoms with Gasteiger partial charge >= 0.3 is 0 Å². The minimum atomic E-state index is -0.606. The van der Waals surface area contributed by atoms with Gasteiger partial charge in [-0.1, -0.05) is 24.3 Å². The van der Waals surface area contributed by atoms with Crippen molar-refractivity contribution >= 4 is 17.3 Å². The minimum absolute atomic E-state index is 0.183. The number of ether oxygens (including phenoxy) is 2. The predicted octanol–water partition coefficient (Wildman–Crippen LogP) is 3.50. The Hall–Kier alpha value is -1.91. The van der Waals surface area contributed by atoms with E-state index in [-0.39, 0.29) is 5.88 Å². The molecule has 0 spiro atoms. The van der Waals surface area contributed by atoms with Crippen LogP contribution in [0.2, 0.25) is 0 Å². The Morgan fingerprint density at radius 2 is 1.67 bits per heavy atom. The molecule has 0 saturated carbocycles. The van der Waals surface area contributed by atoms with Crippen LogP contribution >= 0.6 is 11.6 Å². The molecule has 2 rings (SSSR count). The molecular weight excluding hydrogens is 290 g/mol. The van der Waals surface area contributed by atoms with Crippen LogP contribution in [0.3, 0.4) is 0 Å². The fourth-order valence-electron chi connectivity index (χ4n) is 1.81. The average molecular weight is 308 g/mol. The van der Waals surface area contributed by atoms with E-state index in [1.54, 1.807) is 7.11 Å². The number of alkyl halides is 1. The van der Waals surface area contributed by atoms with Gasteiger partial charge in [-0.2, -0.15) is 0 Å². The second kappa shape index (κ2) is 7.76. The molecule has 2 aromatic rings. The molecule has 2 aromatic carbocycles. The van der Waals surface area contributed by atoms with Crippen molar-refractivity contribution in [1.29, 1.82) is 0 Å². The van der Waals surface area contributed by atoms with Gasteiger partial charge in [-0.3, -0.25) is 0 Å². The van der Waals surface area contributed by atoms with Crippen molar-refractivity contribution in [2.24, 2.45) is 0 Å². The van der Waals surface area contributed by atoms with Crippen LogP contribution in [0.15, 0.2) is 48.5 Å². The van der Waals surface area contributed by atoms with Crippen LogP contribution in [0.25, 0.3) is 0 Å². The second-order valence-electron chi connectivity index (χ2n) is 4.44. The van der Waals surface area contributed by atoms with Crippen LogP contribution in [-0.2, 0) is 0 Å². The smallest absolute Gasteiger partial charge is 0.169 e. The monoisotopic (exact) mass is 307 g/mol. The number of aliphatic hydroxyl groups excluding tert-OH is 1. The Bertz CT molecular complexity index is 577. The number of rotatable bonds is 7. The summed E-state index contributed by atoms with van der Waals surface area (Å²) in [5.74, 6) is 2.13. The van der Waals surface area contributed by atoms with Crippen molar-refractivity contribution in [3.63, 3.8) is 0 Å². The zero-order valence-corrected chi connectivity index (χ0v) is 12.5. The Labute approximate surface area is 129 Å². The van der Waals surface area contributed by atoms with Gasteiger partial charge in [-0.15, -0.1) is 11.6 Å². The molecule has 0 radical (unpaired) electrons. The first-order chi connectivity index (χ1) is 10.2. The molecule has 0 aliphatic rings. The Morgan fingerprint density at radius 3 is 2.33 bits per heavy atom. The van der Waals surface area contributed by atoms with Gasteiger partial charge in [0.25, 0.3) is 0 Å². The van der Waals surface area contributed by atoms with E-state index in [1.165, 1.54) is 0 Å². The van der Waals surface area contributed by atoms with E-state index in [2.05, 4.69) is 5.32 Å². The molecule has 0 aliphatic carbocycles. The van der Waals surface area contributed by atoms with E-state index in [4.69, 9.17) is 21.1 Å². The molecule has 0 fully saturated rings. The zero-order chi connectivity index (χ0) is 15.1. The van der Waals surface area contributed by atoms with Gasteiger partial charge in [0.1, 0.15) is 0 Å². The lowest BCUT2D eigenvalue weighted by Crippen LogP contribution is -2.20. The van der Waals surface area contributed by atoms with Gasteiger partial charge in [0.05, 0.1) is 24.8 Å². The summed E-state index contributed by atoms with van der Waals surface area (Å²) < 4.78 is 11.2. The number of para-hydroxylation sites is 4. The first-order valence-corrected chi connectivity index (χ1v) is 7.16. The molecule has 0 heterocycles. The predicted molar refractivity (Wildman–Crippen MR) is 84.7 cm³/mol. The first kappa shape index (κ1) is 15.5. The standard InChI is InChI=1S/C16H18ClNO3/c1-20-15-8-4-5-9-16(15)21-14-7-3-2-6-13(14)18-11-12(19)10-17/h2-9,12,18-19H,10-11H2,1H3. The topological polar surface area (TPSA) is 50.7 Å². The zero-order valence-electron chi connectivity index (χ0n) is 11.8. The molecule has 1 atom stereocenters. The summed E-state index contributed by atoms with van der Waals surface area (Å²) in [6.45, 7) is 0.357. The number of halogens is 1.